The van der Waals surface area contributed by atoms with Crippen LogP contribution < -0.4 is 16.0 Å². The Morgan fingerprint density at radius 3 is 2.44 bits per heavy atom. The van der Waals surface area contributed by atoms with Crippen LogP contribution in [0.5, 0.6) is 0 Å². The second kappa shape index (κ2) is 21.4. The number of amides is 2. The molecule has 1 heterocycles. The van der Waals surface area contributed by atoms with Crippen molar-refractivity contribution >= 4 is 41.7 Å². The zero-order chi connectivity index (χ0) is 31.4. The van der Waals surface area contributed by atoms with Crippen molar-refractivity contribution in [3.05, 3.63) is 64.2 Å². The van der Waals surface area contributed by atoms with Crippen molar-refractivity contribution in [2.75, 3.05) is 31.6 Å². The molecule has 1 aliphatic rings. The highest BCUT2D eigenvalue weighted by Gasteiger charge is 2.30. The van der Waals surface area contributed by atoms with Gasteiger partial charge in [-0.2, -0.15) is 0 Å². The third-order valence-corrected chi connectivity index (χ3v) is 6.18. The van der Waals surface area contributed by atoms with Crippen LogP contribution >= 0.6 is 23.2 Å². The van der Waals surface area contributed by atoms with Gasteiger partial charge in [-0.1, -0.05) is 63.6 Å². The third-order valence-electron chi connectivity index (χ3n) is 5.56. The number of carbonyl (C=O) groups is 2. The summed E-state index contributed by atoms with van der Waals surface area (Å²) in [5.41, 5.74) is 1.64. The number of rotatable bonds is 14. The van der Waals surface area contributed by atoms with Crippen molar-refractivity contribution in [2.24, 2.45) is 11.3 Å². The van der Waals surface area contributed by atoms with Crippen molar-refractivity contribution in [1.29, 1.82) is 0 Å². The fourth-order valence-electron chi connectivity index (χ4n) is 3.68. The van der Waals surface area contributed by atoms with E-state index in [0.717, 1.165) is 12.8 Å². The maximum atomic E-state index is 13.9. The molecule has 232 valence electrons. The molecule has 2 rings (SSSR count). The molecule has 3 atom stereocenters. The summed E-state index contributed by atoms with van der Waals surface area (Å²) in [6.07, 6.45) is 7.62. The Bertz CT molecular complexity index is 995. The van der Waals surface area contributed by atoms with Crippen LogP contribution in [-0.2, 0) is 9.59 Å². The number of hydrogen-bond acceptors (Lipinski definition) is 5. The van der Waals surface area contributed by atoms with E-state index in [-0.39, 0.29) is 28.5 Å². The molecule has 0 spiro atoms. The van der Waals surface area contributed by atoms with Crippen LogP contribution in [0, 0.1) is 17.2 Å². The van der Waals surface area contributed by atoms with E-state index in [9.17, 15) is 18.4 Å². The van der Waals surface area contributed by atoms with Crippen LogP contribution in [0.2, 0.25) is 5.02 Å². The summed E-state index contributed by atoms with van der Waals surface area (Å²) in [7, 11) is 0. The molecule has 0 unspecified atom stereocenters. The lowest BCUT2D eigenvalue weighted by atomic mass is 9.85. The molecule has 0 aliphatic carbocycles. The number of carbonyl (C=O) groups excluding carboxylic acids is 2. The number of unbranched alkanes of at least 4 members (excludes halogenated alkanes) is 1. The van der Waals surface area contributed by atoms with Gasteiger partial charge >= 0.3 is 0 Å². The average Bonchev–Trinajstić information content (AvgIpc) is 3.37. The summed E-state index contributed by atoms with van der Waals surface area (Å²) in [5, 5.41) is 25.5. The van der Waals surface area contributed by atoms with E-state index >= 15 is 0 Å². The highest BCUT2D eigenvalue weighted by Crippen LogP contribution is 2.37. The van der Waals surface area contributed by atoms with E-state index in [1.54, 1.807) is 6.08 Å². The van der Waals surface area contributed by atoms with Gasteiger partial charge in [-0.15, -0.1) is 0 Å². The Morgan fingerprint density at radius 2 is 1.88 bits per heavy atom. The molecule has 0 saturated carbocycles. The summed E-state index contributed by atoms with van der Waals surface area (Å²) in [5.74, 6) is -1.03. The van der Waals surface area contributed by atoms with Crippen LogP contribution in [0.25, 0.3) is 0 Å². The van der Waals surface area contributed by atoms with E-state index < -0.39 is 17.7 Å². The smallest absolute Gasteiger partial charge is 0.211 e. The van der Waals surface area contributed by atoms with Gasteiger partial charge in [0.05, 0.1) is 22.8 Å². The fourth-order valence-corrected chi connectivity index (χ4v) is 3.91. The first-order valence-corrected chi connectivity index (χ1v) is 14.2. The minimum atomic E-state index is -0.605. The molecule has 0 radical (unpaired) electrons. The molecule has 1 aliphatic heterocycles. The highest BCUT2D eigenvalue weighted by molar-refractivity contribution is 6.31. The van der Waals surface area contributed by atoms with Crippen LogP contribution in [0.1, 0.15) is 64.9 Å². The van der Waals surface area contributed by atoms with Gasteiger partial charge in [0, 0.05) is 24.7 Å². The maximum Gasteiger partial charge on any atom is 0.211 e. The first-order chi connectivity index (χ1) is 19.3. The molecular weight excluding hydrogens is 575 g/mol. The minimum Gasteiger partial charge on any atom is -0.394 e. The lowest BCUT2D eigenvalue weighted by Gasteiger charge is -2.21. The summed E-state index contributed by atoms with van der Waals surface area (Å²) in [6, 6.07) is 2.75. The van der Waals surface area contributed by atoms with Gasteiger partial charge in [0.15, 0.2) is 0 Å². The average molecular weight is 621 g/mol. The Balaban J connectivity index is 0.000000828. The van der Waals surface area contributed by atoms with Gasteiger partial charge in [-0.25, -0.2) is 8.78 Å². The molecule has 1 saturated heterocycles. The highest BCUT2D eigenvalue weighted by atomic mass is 35.5. The van der Waals surface area contributed by atoms with E-state index in [2.05, 4.69) is 50.2 Å². The Hall–Kier alpha value is -2.30. The maximum absolute atomic E-state index is 13.9. The van der Waals surface area contributed by atoms with Crippen molar-refractivity contribution in [1.82, 2.24) is 10.6 Å². The molecule has 41 heavy (non-hydrogen) atoms. The molecule has 11 heteroatoms. The molecule has 1 aromatic carbocycles. The normalized spacial score (nSPS) is 17.8. The molecule has 0 aromatic heterocycles. The van der Waals surface area contributed by atoms with Crippen molar-refractivity contribution in [3.8, 4) is 0 Å². The molecule has 0 bridgehead atoms. The van der Waals surface area contributed by atoms with Crippen molar-refractivity contribution in [2.45, 2.75) is 65.4 Å². The first-order valence-electron chi connectivity index (χ1n) is 13.5. The van der Waals surface area contributed by atoms with E-state index in [1.807, 2.05) is 0 Å². The van der Waals surface area contributed by atoms with Crippen molar-refractivity contribution < 1.29 is 28.6 Å². The fraction of sp³-hybridized carbons (Fsp3) is 0.533. The molecule has 5 N–H and O–H groups in total. The van der Waals surface area contributed by atoms with Crippen LogP contribution in [0.3, 0.4) is 0 Å². The van der Waals surface area contributed by atoms with Gasteiger partial charge in [-0.05, 0) is 73.4 Å². The third kappa shape index (κ3) is 18.0. The minimum absolute atomic E-state index is 0.0409. The molecule has 7 nitrogen and oxygen atoms in total. The Morgan fingerprint density at radius 1 is 1.22 bits per heavy atom. The van der Waals surface area contributed by atoms with Crippen LogP contribution in [0.4, 0.5) is 14.5 Å². The van der Waals surface area contributed by atoms with E-state index in [1.165, 1.54) is 24.3 Å². The number of aliphatic hydroxyl groups excluding tert-OH is 2. The number of aliphatic hydroxyl groups is 2. The number of anilines is 1. The second-order valence-electron chi connectivity index (χ2n) is 11.1. The monoisotopic (exact) mass is 619 g/mol. The topological polar surface area (TPSA) is 111 Å². The van der Waals surface area contributed by atoms with Crippen molar-refractivity contribution in [3.63, 3.8) is 0 Å². The van der Waals surface area contributed by atoms with E-state index in [0.29, 0.717) is 62.0 Å². The van der Waals surface area contributed by atoms with E-state index in [4.69, 9.17) is 33.4 Å². The van der Waals surface area contributed by atoms with Gasteiger partial charge < -0.3 is 26.2 Å². The largest absolute Gasteiger partial charge is 0.394 e. The van der Waals surface area contributed by atoms with Gasteiger partial charge in [0.25, 0.3) is 0 Å². The summed E-state index contributed by atoms with van der Waals surface area (Å²) in [6.45, 7) is 13.9. The summed E-state index contributed by atoms with van der Waals surface area (Å²) >= 11 is 11.5. The number of allylic oxidation sites excluding steroid dienone is 5. The summed E-state index contributed by atoms with van der Waals surface area (Å²) in [4.78, 5) is 20.6. The predicted molar refractivity (Wildman–Crippen MR) is 164 cm³/mol. The number of benzene rings is 1. The van der Waals surface area contributed by atoms with Gasteiger partial charge in [0.2, 0.25) is 12.8 Å². The molecule has 1 aromatic rings. The zero-order valence-electron chi connectivity index (χ0n) is 24.4. The SMILES string of the molecule is C=C/C(Cl)=C(F)\C=C/C[C@H]1CNC[C@H]1c1cc(F)c(Cl)cc1NC=O.CC(C)(C)C.O=CNCCCC[C@H](O)CO. The lowest BCUT2D eigenvalue weighted by molar-refractivity contribution is -0.109. The van der Waals surface area contributed by atoms with Crippen LogP contribution in [0.15, 0.2) is 47.8 Å². The predicted octanol–water partition coefficient (Wildman–Crippen LogP) is 6.21. The Labute approximate surface area is 253 Å². The number of hydrogen-bond donors (Lipinski definition) is 5. The molecular formula is C30H45Cl2F2N3O4. The molecule has 1 fully saturated rings. The zero-order valence-corrected chi connectivity index (χ0v) is 25.9. The first kappa shape index (κ1) is 38.7. The lowest BCUT2D eigenvalue weighted by Crippen LogP contribution is -2.15. The molecule has 2 amide bonds. The standard InChI is InChI=1S/C18H18Cl2F2N2O.C7H15NO3.C5H12/c1-2-14(19)16(21)5-3-4-11-8-23-9-13(11)12-6-17(22)15(20)7-18(12)24-10-25;9-5-7(11)3-1-2-4-8-6-10;1-5(2,3)4/h2-3,5-7,10-11,13,23H,1,4,8-9H2,(H,24,25);6-7,9,11H,1-5H2,(H,8,10);1-4H3/b5-3-,16-14-;;/t11-,13+;7-;/m00./s1. The van der Waals surface area contributed by atoms with Crippen LogP contribution in [-0.4, -0.2) is 55.4 Å². The quantitative estimate of drug-likeness (QED) is 0.0965. The number of nitrogens with one attached hydrogen (secondary N) is 3. The number of halogens is 4. The van der Waals surface area contributed by atoms with Gasteiger partial charge in [-0.3, -0.25) is 9.59 Å². The second-order valence-corrected chi connectivity index (χ2v) is 11.9. The Kier molecular flexibility index (Phi) is 20.2. The summed E-state index contributed by atoms with van der Waals surface area (Å²) < 4.78 is 27.5. The van der Waals surface area contributed by atoms with Gasteiger partial charge in [0.1, 0.15) is 11.6 Å².